The van der Waals surface area contributed by atoms with E-state index in [1.165, 1.54) is 0 Å². The lowest BCUT2D eigenvalue weighted by molar-refractivity contribution is 0.249. The minimum Gasteiger partial charge on any atom is -0.398 e. The molecule has 4 N–H and O–H groups in total. The molecule has 20 heavy (non-hydrogen) atoms. The first kappa shape index (κ1) is 15.7. The highest BCUT2D eigenvalue weighted by Gasteiger charge is 2.42. The Kier molecular flexibility index (Phi) is 4.38. The summed E-state index contributed by atoms with van der Waals surface area (Å²) >= 11 is 2.94. The van der Waals surface area contributed by atoms with Crippen molar-refractivity contribution in [2.45, 2.75) is 24.2 Å². The molecule has 2 rings (SSSR count). The van der Waals surface area contributed by atoms with E-state index in [2.05, 4.69) is 20.7 Å². The van der Waals surface area contributed by atoms with Crippen molar-refractivity contribution >= 4 is 31.6 Å². The van der Waals surface area contributed by atoms with Gasteiger partial charge in [-0.25, -0.2) is 17.5 Å². The van der Waals surface area contributed by atoms with E-state index in [1.807, 2.05) is 0 Å². The van der Waals surface area contributed by atoms with Crippen molar-refractivity contribution in [1.82, 2.24) is 4.72 Å². The zero-order valence-electron chi connectivity index (χ0n) is 10.7. The predicted octanol–water partition coefficient (Wildman–Crippen LogP) is 1.61. The van der Waals surface area contributed by atoms with Crippen LogP contribution in [0.3, 0.4) is 0 Å². The Hall–Kier alpha value is -0.700. The summed E-state index contributed by atoms with van der Waals surface area (Å²) in [5, 5.41) is 8.95. The summed E-state index contributed by atoms with van der Waals surface area (Å²) in [7, 11) is -3.80. The second-order valence-electron chi connectivity index (χ2n) is 5.10. The van der Waals surface area contributed by atoms with E-state index in [-0.39, 0.29) is 33.6 Å². The quantitative estimate of drug-likeness (QED) is 0.666. The number of nitrogens with one attached hydrogen (secondary N) is 1. The molecule has 1 aromatic rings. The molecule has 1 aliphatic rings. The lowest BCUT2D eigenvalue weighted by Crippen LogP contribution is -2.31. The average molecular weight is 367 g/mol. The van der Waals surface area contributed by atoms with Crippen LogP contribution < -0.4 is 10.5 Å². The smallest absolute Gasteiger partial charge is 0.242 e. The number of aliphatic hydroxyl groups excluding tert-OH is 1. The van der Waals surface area contributed by atoms with Gasteiger partial charge in [-0.15, -0.1) is 0 Å². The third-order valence-corrected chi connectivity index (χ3v) is 5.64. The zero-order chi connectivity index (χ0) is 15.0. The molecule has 0 aliphatic heterocycles. The van der Waals surface area contributed by atoms with Crippen LogP contribution in [0, 0.1) is 11.2 Å². The van der Waals surface area contributed by atoms with Gasteiger partial charge in [0.1, 0.15) is 10.7 Å². The van der Waals surface area contributed by atoms with Crippen LogP contribution in [0.2, 0.25) is 0 Å². The summed E-state index contributed by atoms with van der Waals surface area (Å²) in [6.07, 6.45) is 2.34. The number of hydrogen-bond donors (Lipinski definition) is 3. The minimum atomic E-state index is -3.80. The van der Waals surface area contributed by atoms with Gasteiger partial charge in [0.2, 0.25) is 10.0 Å². The Bertz CT molecular complexity index is 617. The van der Waals surface area contributed by atoms with E-state index >= 15 is 0 Å². The highest BCUT2D eigenvalue weighted by molar-refractivity contribution is 9.10. The molecule has 0 saturated heterocycles. The van der Waals surface area contributed by atoms with Gasteiger partial charge in [-0.2, -0.15) is 0 Å². The highest BCUT2D eigenvalue weighted by atomic mass is 79.9. The van der Waals surface area contributed by atoms with E-state index < -0.39 is 15.8 Å². The van der Waals surface area contributed by atoms with E-state index in [0.717, 1.165) is 25.0 Å². The maximum absolute atomic E-state index is 13.3. The molecule has 0 spiro atoms. The monoisotopic (exact) mass is 366 g/mol. The van der Waals surface area contributed by atoms with Gasteiger partial charge >= 0.3 is 0 Å². The number of benzene rings is 1. The Balaban J connectivity index is 2.17. The number of aliphatic hydroxyl groups is 1. The Morgan fingerprint density at radius 1 is 1.45 bits per heavy atom. The van der Waals surface area contributed by atoms with Gasteiger partial charge in [0, 0.05) is 13.2 Å². The van der Waals surface area contributed by atoms with Gasteiger partial charge < -0.3 is 10.8 Å². The second-order valence-corrected chi connectivity index (χ2v) is 7.69. The van der Waals surface area contributed by atoms with Crippen molar-refractivity contribution in [1.29, 1.82) is 0 Å². The van der Waals surface area contributed by atoms with Crippen molar-refractivity contribution in [2.75, 3.05) is 18.9 Å². The van der Waals surface area contributed by atoms with Crippen LogP contribution >= 0.6 is 15.9 Å². The molecule has 0 bridgehead atoms. The van der Waals surface area contributed by atoms with Crippen molar-refractivity contribution in [2.24, 2.45) is 5.41 Å². The molecular weight excluding hydrogens is 351 g/mol. The number of nitrogen functional groups attached to an aromatic ring is 1. The SMILES string of the molecule is Nc1cc(F)c(Br)cc1S(=O)(=O)NCC1(CCO)CC1. The normalized spacial score (nSPS) is 17.1. The van der Waals surface area contributed by atoms with Gasteiger partial charge in [0.05, 0.1) is 10.2 Å². The van der Waals surface area contributed by atoms with Crippen molar-refractivity contribution in [3.8, 4) is 0 Å². The Morgan fingerprint density at radius 2 is 2.10 bits per heavy atom. The van der Waals surface area contributed by atoms with Gasteiger partial charge in [-0.05, 0) is 52.7 Å². The highest BCUT2D eigenvalue weighted by Crippen LogP contribution is 2.48. The minimum absolute atomic E-state index is 0.0337. The third kappa shape index (κ3) is 3.30. The maximum Gasteiger partial charge on any atom is 0.242 e. The molecule has 1 saturated carbocycles. The number of hydrogen-bond acceptors (Lipinski definition) is 4. The molecule has 1 aliphatic carbocycles. The first-order chi connectivity index (χ1) is 9.30. The zero-order valence-corrected chi connectivity index (χ0v) is 13.1. The fraction of sp³-hybridized carbons (Fsp3) is 0.500. The number of sulfonamides is 1. The number of anilines is 1. The van der Waals surface area contributed by atoms with E-state index in [4.69, 9.17) is 10.8 Å². The van der Waals surface area contributed by atoms with Crippen LogP contribution in [0.1, 0.15) is 19.3 Å². The molecule has 0 atom stereocenters. The van der Waals surface area contributed by atoms with E-state index in [0.29, 0.717) is 6.42 Å². The fourth-order valence-electron chi connectivity index (χ4n) is 2.03. The summed E-state index contributed by atoms with van der Waals surface area (Å²) < 4.78 is 40.2. The van der Waals surface area contributed by atoms with Crippen LogP contribution in [0.15, 0.2) is 21.5 Å². The molecule has 0 unspecified atom stereocenters. The molecule has 1 aromatic carbocycles. The lowest BCUT2D eigenvalue weighted by atomic mass is 10.0. The lowest BCUT2D eigenvalue weighted by Gasteiger charge is -2.15. The summed E-state index contributed by atoms with van der Waals surface area (Å²) in [4.78, 5) is -0.148. The molecule has 112 valence electrons. The standard InChI is InChI=1S/C12H16BrFN2O3S/c13-8-5-11(10(15)6-9(8)14)20(18,19)16-7-12(1-2-12)3-4-17/h5-6,16-17H,1-4,7,15H2. The second kappa shape index (κ2) is 5.59. The Morgan fingerprint density at radius 3 is 2.65 bits per heavy atom. The molecule has 0 aromatic heterocycles. The molecule has 1 fully saturated rings. The molecule has 0 radical (unpaired) electrons. The van der Waals surface area contributed by atoms with Gasteiger partial charge in [0.15, 0.2) is 0 Å². The van der Waals surface area contributed by atoms with E-state index in [1.54, 1.807) is 0 Å². The number of halogens is 2. The van der Waals surface area contributed by atoms with Crippen molar-refractivity contribution in [3.63, 3.8) is 0 Å². The molecule has 8 heteroatoms. The van der Waals surface area contributed by atoms with Gasteiger partial charge in [-0.1, -0.05) is 0 Å². The van der Waals surface area contributed by atoms with Gasteiger partial charge in [-0.3, -0.25) is 0 Å². The first-order valence-corrected chi connectivity index (χ1v) is 8.42. The number of rotatable bonds is 6. The van der Waals surface area contributed by atoms with Crippen LogP contribution in [-0.2, 0) is 10.0 Å². The first-order valence-electron chi connectivity index (χ1n) is 6.15. The van der Waals surface area contributed by atoms with Crippen molar-refractivity contribution < 1.29 is 17.9 Å². The summed E-state index contributed by atoms with van der Waals surface area (Å²) in [6, 6.07) is 2.12. The predicted molar refractivity (Wildman–Crippen MR) is 77.1 cm³/mol. The third-order valence-electron chi connectivity index (χ3n) is 3.58. The van der Waals surface area contributed by atoms with Crippen LogP contribution in [-0.4, -0.2) is 26.7 Å². The topological polar surface area (TPSA) is 92.4 Å². The fourth-order valence-corrected chi connectivity index (χ4v) is 3.82. The summed E-state index contributed by atoms with van der Waals surface area (Å²) in [5.41, 5.74) is 5.29. The molecular formula is C12H16BrFN2O3S. The van der Waals surface area contributed by atoms with Crippen LogP contribution in [0.25, 0.3) is 0 Å². The summed E-state index contributed by atoms with van der Waals surface area (Å²) in [5.74, 6) is -0.611. The van der Waals surface area contributed by atoms with Gasteiger partial charge in [0.25, 0.3) is 0 Å². The average Bonchev–Trinajstić information content (AvgIpc) is 3.12. The largest absolute Gasteiger partial charge is 0.398 e. The summed E-state index contributed by atoms with van der Waals surface area (Å²) in [6.45, 7) is 0.288. The molecule has 5 nitrogen and oxygen atoms in total. The van der Waals surface area contributed by atoms with Crippen LogP contribution in [0.4, 0.5) is 10.1 Å². The van der Waals surface area contributed by atoms with Crippen molar-refractivity contribution in [3.05, 3.63) is 22.4 Å². The Labute approximate surface area is 125 Å². The molecule has 0 heterocycles. The maximum atomic E-state index is 13.3. The molecule has 0 amide bonds. The van der Waals surface area contributed by atoms with Crippen LogP contribution in [0.5, 0.6) is 0 Å². The number of nitrogens with two attached hydrogens (primary N) is 1. The van der Waals surface area contributed by atoms with E-state index in [9.17, 15) is 12.8 Å².